The van der Waals surface area contributed by atoms with Crippen LogP contribution in [0.1, 0.15) is 0 Å². The smallest absolute Gasteiger partial charge is 0.143 e. The SMILES string of the molecule is c1ccc(-c2c3ccccc3c(-c3ccc(-c4ccc(-c5ccc6c(c5)oc5ccccc56)c5oc6ccccc6c45)c4c3oc3ccccc34)c3ccccc23)cc1. The van der Waals surface area contributed by atoms with Crippen molar-refractivity contribution >= 4 is 87.4 Å². The molecule has 3 nitrogen and oxygen atoms in total. The minimum atomic E-state index is 0.845. The van der Waals surface area contributed by atoms with Crippen LogP contribution in [0.2, 0.25) is 0 Å². The van der Waals surface area contributed by atoms with E-state index in [1.165, 1.54) is 38.2 Å². The zero-order valence-electron chi connectivity index (χ0n) is 31.7. The van der Waals surface area contributed by atoms with E-state index < -0.39 is 0 Å². The van der Waals surface area contributed by atoms with Crippen LogP contribution in [0, 0.1) is 0 Å². The Balaban J connectivity index is 1.10. The largest absolute Gasteiger partial charge is 0.456 e. The van der Waals surface area contributed by atoms with Gasteiger partial charge in [-0.2, -0.15) is 0 Å². The lowest BCUT2D eigenvalue weighted by molar-refractivity contribution is 0.668. The molecule has 0 aliphatic heterocycles. The van der Waals surface area contributed by atoms with Crippen LogP contribution < -0.4 is 0 Å². The number of hydrogen-bond acceptors (Lipinski definition) is 3. The predicted molar refractivity (Wildman–Crippen MR) is 245 cm³/mol. The quantitative estimate of drug-likeness (QED) is 0.168. The Hall–Kier alpha value is -7.88. The van der Waals surface area contributed by atoms with Gasteiger partial charge in [0, 0.05) is 49.0 Å². The van der Waals surface area contributed by atoms with E-state index in [-0.39, 0.29) is 0 Å². The van der Waals surface area contributed by atoms with Crippen molar-refractivity contribution in [2.75, 3.05) is 0 Å². The van der Waals surface area contributed by atoms with Crippen LogP contribution in [0.5, 0.6) is 0 Å². The molecular formula is C56H32O3. The van der Waals surface area contributed by atoms with E-state index in [4.69, 9.17) is 13.3 Å². The van der Waals surface area contributed by atoms with Crippen molar-refractivity contribution in [1.82, 2.24) is 0 Å². The molecule has 0 unspecified atom stereocenters. The first-order valence-electron chi connectivity index (χ1n) is 20.1. The Morgan fingerprint density at radius 1 is 0.237 bits per heavy atom. The first-order valence-corrected chi connectivity index (χ1v) is 20.1. The molecule has 0 saturated heterocycles. The number of rotatable bonds is 4. The van der Waals surface area contributed by atoms with Crippen LogP contribution in [0.3, 0.4) is 0 Å². The molecule has 274 valence electrons. The van der Waals surface area contributed by atoms with Gasteiger partial charge in [-0.05, 0) is 91.8 Å². The van der Waals surface area contributed by atoms with E-state index in [0.717, 1.165) is 93.6 Å². The van der Waals surface area contributed by atoms with Crippen molar-refractivity contribution < 1.29 is 13.3 Å². The molecule has 0 radical (unpaired) electrons. The van der Waals surface area contributed by atoms with Gasteiger partial charge in [-0.15, -0.1) is 0 Å². The van der Waals surface area contributed by atoms with Gasteiger partial charge in [-0.1, -0.05) is 152 Å². The average Bonchev–Trinajstić information content (AvgIpc) is 4.00. The minimum absolute atomic E-state index is 0.845. The predicted octanol–water partition coefficient (Wildman–Crippen LogP) is 16.4. The van der Waals surface area contributed by atoms with Crippen LogP contribution in [0.4, 0.5) is 0 Å². The van der Waals surface area contributed by atoms with E-state index >= 15 is 0 Å². The maximum absolute atomic E-state index is 7.02. The van der Waals surface area contributed by atoms with Gasteiger partial charge in [-0.25, -0.2) is 0 Å². The Kier molecular flexibility index (Phi) is 6.72. The molecule has 3 heteroatoms. The van der Waals surface area contributed by atoms with Gasteiger partial charge in [0.25, 0.3) is 0 Å². The third-order valence-electron chi connectivity index (χ3n) is 12.3. The highest BCUT2D eigenvalue weighted by atomic mass is 16.3. The Labute approximate surface area is 337 Å². The Morgan fingerprint density at radius 2 is 0.661 bits per heavy atom. The monoisotopic (exact) mass is 752 g/mol. The summed E-state index contributed by atoms with van der Waals surface area (Å²) in [5.41, 5.74) is 14.1. The highest BCUT2D eigenvalue weighted by Gasteiger charge is 2.25. The molecule has 0 amide bonds. The van der Waals surface area contributed by atoms with Crippen molar-refractivity contribution in [1.29, 1.82) is 0 Å². The highest BCUT2D eigenvalue weighted by molar-refractivity contribution is 6.27. The van der Waals surface area contributed by atoms with Crippen molar-refractivity contribution in [3.05, 3.63) is 194 Å². The summed E-state index contributed by atoms with van der Waals surface area (Å²) in [6.07, 6.45) is 0. The summed E-state index contributed by atoms with van der Waals surface area (Å²) < 4.78 is 20.2. The number of para-hydroxylation sites is 3. The maximum Gasteiger partial charge on any atom is 0.143 e. The van der Waals surface area contributed by atoms with Gasteiger partial charge in [0.05, 0.1) is 0 Å². The average molecular weight is 753 g/mol. The van der Waals surface area contributed by atoms with Crippen LogP contribution in [-0.2, 0) is 0 Å². The highest BCUT2D eigenvalue weighted by Crippen LogP contribution is 2.50. The van der Waals surface area contributed by atoms with Crippen molar-refractivity contribution in [2.45, 2.75) is 0 Å². The summed E-state index contributed by atoms with van der Waals surface area (Å²) in [5.74, 6) is 0. The van der Waals surface area contributed by atoms with Crippen LogP contribution >= 0.6 is 0 Å². The lowest BCUT2D eigenvalue weighted by atomic mass is 9.84. The molecule has 13 rings (SSSR count). The number of hydrogen-bond donors (Lipinski definition) is 0. The molecule has 0 N–H and O–H groups in total. The molecule has 0 saturated carbocycles. The van der Waals surface area contributed by atoms with E-state index in [1.807, 2.05) is 18.2 Å². The molecule has 0 spiro atoms. The number of fused-ring (bicyclic) bond motifs is 11. The van der Waals surface area contributed by atoms with Crippen LogP contribution in [-0.4, -0.2) is 0 Å². The van der Waals surface area contributed by atoms with Crippen LogP contribution in [0.15, 0.2) is 207 Å². The normalized spacial score (nSPS) is 12.1. The second kappa shape index (κ2) is 12.3. The van der Waals surface area contributed by atoms with Gasteiger partial charge in [0.15, 0.2) is 0 Å². The summed E-state index contributed by atoms with van der Waals surface area (Å²) in [5, 5.41) is 11.3. The summed E-state index contributed by atoms with van der Waals surface area (Å²) in [6.45, 7) is 0. The van der Waals surface area contributed by atoms with Crippen molar-refractivity contribution in [3.63, 3.8) is 0 Å². The first-order chi connectivity index (χ1) is 29.3. The van der Waals surface area contributed by atoms with E-state index in [2.05, 4.69) is 176 Å². The van der Waals surface area contributed by atoms with Crippen molar-refractivity contribution in [2.24, 2.45) is 0 Å². The summed E-state index contributed by atoms with van der Waals surface area (Å²) in [4.78, 5) is 0. The molecule has 0 fully saturated rings. The molecule has 3 aromatic heterocycles. The standard InChI is InChI=1S/C56H32O3/c1-2-14-33(15-3-1)51-38-17-4-6-19-40(38)52(41-20-7-5-18-39(41)51)46-31-30-43(54-45-22-10-13-25-49(45)59-56(46)54)42-29-28-35(55-53(42)44-21-9-12-24-48(44)58-55)34-26-27-37-36-16-8-11-23-47(36)57-50(37)32-34/h1-32H. The minimum Gasteiger partial charge on any atom is -0.456 e. The molecule has 0 atom stereocenters. The molecule has 0 aliphatic rings. The second-order valence-corrected chi connectivity index (χ2v) is 15.4. The summed E-state index contributed by atoms with van der Waals surface area (Å²) in [7, 11) is 0. The molecular weight excluding hydrogens is 721 g/mol. The van der Waals surface area contributed by atoms with E-state index in [9.17, 15) is 0 Å². The Bertz CT molecular complexity index is 3780. The molecule has 59 heavy (non-hydrogen) atoms. The topological polar surface area (TPSA) is 39.4 Å². The Morgan fingerprint density at radius 3 is 1.25 bits per heavy atom. The fraction of sp³-hybridized carbons (Fsp3) is 0. The first kappa shape index (κ1) is 32.2. The third-order valence-corrected chi connectivity index (χ3v) is 12.3. The van der Waals surface area contributed by atoms with Gasteiger partial charge in [0.1, 0.15) is 33.5 Å². The molecule has 0 bridgehead atoms. The number of benzene rings is 10. The molecule has 0 aliphatic carbocycles. The van der Waals surface area contributed by atoms with Gasteiger partial charge >= 0.3 is 0 Å². The fourth-order valence-corrected chi connectivity index (χ4v) is 9.76. The third kappa shape index (κ3) is 4.64. The molecule has 10 aromatic carbocycles. The van der Waals surface area contributed by atoms with Gasteiger partial charge in [-0.3, -0.25) is 0 Å². The maximum atomic E-state index is 7.02. The van der Waals surface area contributed by atoms with Crippen LogP contribution in [0.25, 0.3) is 132 Å². The molecule has 3 heterocycles. The van der Waals surface area contributed by atoms with Crippen molar-refractivity contribution in [3.8, 4) is 44.5 Å². The van der Waals surface area contributed by atoms with Gasteiger partial charge < -0.3 is 13.3 Å². The molecule has 13 aromatic rings. The second-order valence-electron chi connectivity index (χ2n) is 15.4. The zero-order chi connectivity index (χ0) is 38.6. The van der Waals surface area contributed by atoms with Gasteiger partial charge in [0.2, 0.25) is 0 Å². The summed E-state index contributed by atoms with van der Waals surface area (Å²) >= 11 is 0. The van der Waals surface area contributed by atoms with E-state index in [1.54, 1.807) is 0 Å². The fourth-order valence-electron chi connectivity index (χ4n) is 9.76. The lowest BCUT2D eigenvalue weighted by Gasteiger charge is -2.18. The lowest BCUT2D eigenvalue weighted by Crippen LogP contribution is -1.92. The number of furan rings is 3. The van der Waals surface area contributed by atoms with E-state index in [0.29, 0.717) is 0 Å². The summed E-state index contributed by atoms with van der Waals surface area (Å²) in [6, 6.07) is 68.9. The zero-order valence-corrected chi connectivity index (χ0v) is 31.7.